The van der Waals surface area contributed by atoms with Crippen LogP contribution < -0.4 is 0 Å². The maximum atomic E-state index is 13.1. The van der Waals surface area contributed by atoms with Crippen LogP contribution in [0.4, 0.5) is 10.1 Å². The van der Waals surface area contributed by atoms with Crippen LogP contribution in [0.15, 0.2) is 18.2 Å². The van der Waals surface area contributed by atoms with Gasteiger partial charge in [0, 0.05) is 11.8 Å². The predicted octanol–water partition coefficient (Wildman–Crippen LogP) is 2.99. The average Bonchev–Trinajstić information content (AvgIpc) is 2.14. The first-order valence-electron chi connectivity index (χ1n) is 4.15. The summed E-state index contributed by atoms with van der Waals surface area (Å²) in [5.74, 6) is 0.869. The summed E-state index contributed by atoms with van der Waals surface area (Å²) in [7, 11) is 0. The van der Waals surface area contributed by atoms with E-state index >= 15 is 0 Å². The molecule has 0 aliphatic carbocycles. The van der Waals surface area contributed by atoms with Crippen LogP contribution in [0.3, 0.4) is 0 Å². The predicted molar refractivity (Wildman–Crippen MR) is 54.9 cm³/mol. The molecule has 1 rings (SSSR count). The van der Waals surface area contributed by atoms with Crippen molar-refractivity contribution in [1.82, 2.24) is 0 Å². The number of hydrogen-bond acceptors (Lipinski definition) is 3. The van der Waals surface area contributed by atoms with Gasteiger partial charge < -0.3 is 0 Å². The molecule has 14 heavy (non-hydrogen) atoms. The summed E-state index contributed by atoms with van der Waals surface area (Å²) in [5.41, 5.74) is 0.315. The maximum absolute atomic E-state index is 13.1. The third-order valence-electron chi connectivity index (χ3n) is 1.68. The van der Waals surface area contributed by atoms with Gasteiger partial charge in [0.1, 0.15) is 0 Å². The van der Waals surface area contributed by atoms with E-state index in [-0.39, 0.29) is 0 Å². The Morgan fingerprint density at radius 2 is 2.29 bits per heavy atom. The summed E-state index contributed by atoms with van der Waals surface area (Å²) < 4.78 is 13.1. The second kappa shape index (κ2) is 4.95. The van der Waals surface area contributed by atoms with E-state index in [1.54, 1.807) is 17.8 Å². The van der Waals surface area contributed by atoms with E-state index in [1.165, 1.54) is 12.1 Å². The molecule has 1 aromatic carbocycles. The number of halogens is 1. The van der Waals surface area contributed by atoms with Crippen LogP contribution in [0.2, 0.25) is 0 Å². The van der Waals surface area contributed by atoms with E-state index in [1.807, 2.05) is 6.92 Å². The van der Waals surface area contributed by atoms with E-state index in [2.05, 4.69) is 0 Å². The van der Waals surface area contributed by atoms with Crippen molar-refractivity contribution in [2.24, 2.45) is 0 Å². The molecule has 0 atom stereocenters. The van der Waals surface area contributed by atoms with Crippen LogP contribution in [0.5, 0.6) is 0 Å². The molecule has 3 nitrogen and oxygen atoms in total. The molecule has 0 unspecified atom stereocenters. The Morgan fingerprint density at radius 1 is 1.57 bits per heavy atom. The van der Waals surface area contributed by atoms with Crippen molar-refractivity contribution >= 4 is 17.4 Å². The molecule has 0 amide bonds. The second-order valence-electron chi connectivity index (χ2n) is 2.68. The summed E-state index contributed by atoms with van der Waals surface area (Å²) in [4.78, 5) is 9.59. The Labute approximate surface area is 85.5 Å². The van der Waals surface area contributed by atoms with Crippen LogP contribution in [-0.4, -0.2) is 10.7 Å². The van der Waals surface area contributed by atoms with Gasteiger partial charge in [0.25, 0.3) is 0 Å². The minimum absolute atomic E-state index is 0.463. The van der Waals surface area contributed by atoms with Gasteiger partial charge >= 0.3 is 5.69 Å². The Balaban J connectivity index is 2.83. The molecule has 76 valence electrons. The molecule has 0 saturated carbocycles. The van der Waals surface area contributed by atoms with Gasteiger partial charge in [-0.05, 0) is 17.4 Å². The Bertz CT molecular complexity index is 344. The first-order chi connectivity index (χ1) is 6.65. The normalized spacial score (nSPS) is 10.1. The number of rotatable bonds is 4. The molecule has 0 saturated heterocycles. The Morgan fingerprint density at radius 3 is 2.79 bits per heavy atom. The van der Waals surface area contributed by atoms with Gasteiger partial charge in [-0.2, -0.15) is 16.2 Å². The fourth-order valence-electron chi connectivity index (χ4n) is 1.01. The van der Waals surface area contributed by atoms with Crippen molar-refractivity contribution in [2.75, 3.05) is 5.75 Å². The lowest BCUT2D eigenvalue weighted by Crippen LogP contribution is -1.93. The summed E-state index contributed by atoms with van der Waals surface area (Å²) in [6.45, 7) is 2.01. The maximum Gasteiger partial charge on any atom is 0.304 e. The quantitative estimate of drug-likeness (QED) is 0.572. The Kier molecular flexibility index (Phi) is 3.88. The lowest BCUT2D eigenvalue weighted by atomic mass is 10.2. The highest BCUT2D eigenvalue weighted by molar-refractivity contribution is 7.98. The van der Waals surface area contributed by atoms with E-state index in [0.29, 0.717) is 5.75 Å². The molecule has 0 aromatic heterocycles. The summed E-state index contributed by atoms with van der Waals surface area (Å²) in [6.07, 6.45) is 0. The third kappa shape index (κ3) is 2.70. The topological polar surface area (TPSA) is 43.1 Å². The molecule has 1 aromatic rings. The molecule has 0 fully saturated rings. The third-order valence-corrected chi connectivity index (χ3v) is 2.63. The van der Waals surface area contributed by atoms with Crippen LogP contribution >= 0.6 is 11.8 Å². The fraction of sp³-hybridized carbons (Fsp3) is 0.333. The van der Waals surface area contributed by atoms with E-state index in [9.17, 15) is 14.5 Å². The van der Waals surface area contributed by atoms with Crippen LogP contribution in [0.25, 0.3) is 0 Å². The zero-order chi connectivity index (χ0) is 10.6. The minimum atomic E-state index is -0.760. The SMILES string of the molecule is CCSCc1ccc([N+](=O)[O-])c(F)c1. The monoisotopic (exact) mass is 215 g/mol. The number of hydrogen-bond donors (Lipinski definition) is 0. The van der Waals surface area contributed by atoms with Crippen molar-refractivity contribution in [3.8, 4) is 0 Å². The zero-order valence-electron chi connectivity index (χ0n) is 7.70. The molecule has 0 heterocycles. The number of nitro groups is 1. The first-order valence-corrected chi connectivity index (χ1v) is 5.31. The van der Waals surface area contributed by atoms with Gasteiger partial charge in [0.15, 0.2) is 0 Å². The largest absolute Gasteiger partial charge is 0.304 e. The van der Waals surface area contributed by atoms with Gasteiger partial charge in [0.2, 0.25) is 5.82 Å². The molecule has 5 heteroatoms. The molecule has 0 radical (unpaired) electrons. The van der Waals surface area contributed by atoms with Crippen LogP contribution in [0.1, 0.15) is 12.5 Å². The molecule has 0 N–H and O–H groups in total. The van der Waals surface area contributed by atoms with E-state index in [0.717, 1.165) is 11.3 Å². The Hall–Kier alpha value is -1.10. The lowest BCUT2D eigenvalue weighted by Gasteiger charge is -1.99. The fourth-order valence-corrected chi connectivity index (χ4v) is 1.63. The zero-order valence-corrected chi connectivity index (χ0v) is 8.51. The first kappa shape index (κ1) is 11.0. The van der Waals surface area contributed by atoms with Crippen molar-refractivity contribution in [3.63, 3.8) is 0 Å². The van der Waals surface area contributed by atoms with Gasteiger partial charge in [-0.15, -0.1) is 0 Å². The van der Waals surface area contributed by atoms with E-state index < -0.39 is 16.4 Å². The second-order valence-corrected chi connectivity index (χ2v) is 3.95. The van der Waals surface area contributed by atoms with Gasteiger partial charge in [-0.25, -0.2) is 0 Å². The molecule has 0 aliphatic rings. The molecule has 0 bridgehead atoms. The van der Waals surface area contributed by atoms with E-state index in [4.69, 9.17) is 0 Å². The van der Waals surface area contributed by atoms with Crippen molar-refractivity contribution < 1.29 is 9.31 Å². The summed E-state index contributed by atoms with van der Waals surface area (Å²) >= 11 is 1.65. The highest BCUT2D eigenvalue weighted by Crippen LogP contribution is 2.20. The highest BCUT2D eigenvalue weighted by atomic mass is 32.2. The molecule has 0 aliphatic heterocycles. The lowest BCUT2D eigenvalue weighted by molar-refractivity contribution is -0.387. The molecular weight excluding hydrogens is 205 g/mol. The molecular formula is C9H10FNO2S. The minimum Gasteiger partial charge on any atom is -0.258 e. The van der Waals surface area contributed by atoms with Gasteiger partial charge in [-0.3, -0.25) is 10.1 Å². The van der Waals surface area contributed by atoms with Crippen molar-refractivity contribution in [3.05, 3.63) is 39.7 Å². The van der Waals surface area contributed by atoms with Crippen LogP contribution in [-0.2, 0) is 5.75 Å². The van der Waals surface area contributed by atoms with Crippen molar-refractivity contribution in [1.29, 1.82) is 0 Å². The van der Waals surface area contributed by atoms with Gasteiger partial charge in [-0.1, -0.05) is 13.0 Å². The number of nitro benzene ring substituents is 1. The smallest absolute Gasteiger partial charge is 0.258 e. The summed E-state index contributed by atoms with van der Waals surface area (Å²) in [5, 5.41) is 10.3. The number of benzene rings is 1. The van der Waals surface area contributed by atoms with Crippen molar-refractivity contribution in [2.45, 2.75) is 12.7 Å². The standard InChI is InChI=1S/C9H10FNO2S/c1-2-14-6-7-3-4-9(11(12)13)8(10)5-7/h3-5H,2,6H2,1H3. The molecule has 0 spiro atoms. The number of thioether (sulfide) groups is 1. The number of nitrogens with zero attached hydrogens (tertiary/aromatic N) is 1. The van der Waals surface area contributed by atoms with Gasteiger partial charge in [0.05, 0.1) is 4.92 Å². The summed E-state index contributed by atoms with van der Waals surface area (Å²) in [6, 6.07) is 4.02. The highest BCUT2D eigenvalue weighted by Gasteiger charge is 2.13. The average molecular weight is 215 g/mol. The van der Waals surface area contributed by atoms with Crippen LogP contribution in [0, 0.1) is 15.9 Å².